The fourth-order valence-corrected chi connectivity index (χ4v) is 2.02. The third-order valence-corrected chi connectivity index (χ3v) is 3.17. The number of carbonyl (C=O) groups is 2. The van der Waals surface area contributed by atoms with Crippen LogP contribution >= 0.6 is 0 Å². The minimum absolute atomic E-state index is 0.131. The molecule has 0 fully saturated rings. The largest absolute Gasteiger partial charge is 0.462 e. The Morgan fingerprint density at radius 2 is 1.52 bits per heavy atom. The minimum atomic E-state index is -0.307. The Hall–Kier alpha value is -1.84. The molecule has 0 aliphatic heterocycles. The fourth-order valence-electron chi connectivity index (χ4n) is 2.02. The Kier molecular flexibility index (Phi) is 12.7. The van der Waals surface area contributed by atoms with Gasteiger partial charge in [0.1, 0.15) is 0 Å². The third kappa shape index (κ3) is 10.5. The molecule has 0 heterocycles. The van der Waals surface area contributed by atoms with Crippen LogP contribution in [0.15, 0.2) is 24.3 Å². The second kappa shape index (κ2) is 13.8. The van der Waals surface area contributed by atoms with Gasteiger partial charge in [-0.1, -0.05) is 52.9 Å². The Labute approximate surface area is 140 Å². The second-order valence-corrected chi connectivity index (χ2v) is 5.16. The SMILES string of the molecule is CC.CCCCCCCCOC(=O)c1ccc(NC(C)=O)cc1. The lowest BCUT2D eigenvalue weighted by molar-refractivity contribution is -0.114. The first-order valence-electron chi connectivity index (χ1n) is 8.68. The Bertz CT molecular complexity index is 440. The van der Waals surface area contributed by atoms with E-state index in [4.69, 9.17) is 4.74 Å². The first-order chi connectivity index (χ1) is 11.1. The van der Waals surface area contributed by atoms with Crippen LogP contribution in [0.25, 0.3) is 0 Å². The molecule has 0 spiro atoms. The second-order valence-electron chi connectivity index (χ2n) is 5.16. The molecule has 0 aromatic heterocycles. The number of nitrogens with one attached hydrogen (secondary N) is 1. The maximum absolute atomic E-state index is 11.8. The number of hydrogen-bond acceptors (Lipinski definition) is 3. The molecule has 1 rings (SSSR count). The molecule has 1 aromatic rings. The molecule has 1 aromatic carbocycles. The smallest absolute Gasteiger partial charge is 0.338 e. The molecule has 0 saturated heterocycles. The summed E-state index contributed by atoms with van der Waals surface area (Å²) >= 11 is 0. The minimum Gasteiger partial charge on any atom is -0.462 e. The van der Waals surface area contributed by atoms with Gasteiger partial charge < -0.3 is 10.1 Å². The van der Waals surface area contributed by atoms with Crippen LogP contribution < -0.4 is 5.32 Å². The highest BCUT2D eigenvalue weighted by atomic mass is 16.5. The first-order valence-corrected chi connectivity index (χ1v) is 8.68. The third-order valence-electron chi connectivity index (χ3n) is 3.17. The van der Waals surface area contributed by atoms with E-state index in [0.717, 1.165) is 12.8 Å². The van der Waals surface area contributed by atoms with E-state index in [2.05, 4.69) is 12.2 Å². The molecule has 23 heavy (non-hydrogen) atoms. The quantitative estimate of drug-likeness (QED) is 0.503. The van der Waals surface area contributed by atoms with Crippen LogP contribution in [0.4, 0.5) is 5.69 Å². The number of ether oxygens (including phenoxy) is 1. The Morgan fingerprint density at radius 3 is 2.09 bits per heavy atom. The predicted molar refractivity (Wildman–Crippen MR) is 95.8 cm³/mol. The molecule has 4 heteroatoms. The summed E-state index contributed by atoms with van der Waals surface area (Å²) in [5.74, 6) is -0.439. The van der Waals surface area contributed by atoms with E-state index < -0.39 is 0 Å². The van der Waals surface area contributed by atoms with Crippen LogP contribution in [-0.4, -0.2) is 18.5 Å². The number of unbranched alkanes of at least 4 members (excludes halogenated alkanes) is 5. The van der Waals surface area contributed by atoms with Gasteiger partial charge in [-0.25, -0.2) is 4.79 Å². The molecular weight excluding hydrogens is 290 g/mol. The average molecular weight is 321 g/mol. The maximum Gasteiger partial charge on any atom is 0.338 e. The number of rotatable bonds is 9. The van der Waals surface area contributed by atoms with Crippen molar-refractivity contribution in [1.82, 2.24) is 0 Å². The van der Waals surface area contributed by atoms with Crippen molar-refractivity contribution >= 4 is 17.6 Å². The van der Waals surface area contributed by atoms with Gasteiger partial charge in [-0.2, -0.15) is 0 Å². The van der Waals surface area contributed by atoms with Crippen molar-refractivity contribution < 1.29 is 14.3 Å². The lowest BCUT2D eigenvalue weighted by Gasteiger charge is -2.06. The molecule has 0 radical (unpaired) electrons. The summed E-state index contributed by atoms with van der Waals surface area (Å²) in [5.41, 5.74) is 1.19. The Morgan fingerprint density at radius 1 is 0.957 bits per heavy atom. The number of benzene rings is 1. The molecule has 0 aliphatic rings. The summed E-state index contributed by atoms with van der Waals surface area (Å²) in [6.07, 6.45) is 7.00. The zero-order valence-electron chi connectivity index (χ0n) is 15.0. The van der Waals surface area contributed by atoms with Gasteiger partial charge in [-0.15, -0.1) is 0 Å². The summed E-state index contributed by atoms with van der Waals surface area (Å²) in [5, 5.41) is 2.66. The summed E-state index contributed by atoms with van der Waals surface area (Å²) < 4.78 is 5.23. The van der Waals surface area contributed by atoms with Crippen molar-refractivity contribution in [3.63, 3.8) is 0 Å². The standard InChI is InChI=1S/C17H25NO3.C2H6/c1-3-4-5-6-7-8-13-21-17(20)15-9-11-16(12-10-15)18-14(2)19;1-2/h9-12H,3-8,13H2,1-2H3,(H,18,19);1-2H3. The van der Waals surface area contributed by atoms with Gasteiger partial charge in [0.25, 0.3) is 0 Å². The predicted octanol–water partition coefficient (Wildman–Crippen LogP) is 5.19. The van der Waals surface area contributed by atoms with E-state index in [1.165, 1.54) is 32.6 Å². The lowest BCUT2D eigenvalue weighted by Crippen LogP contribution is -2.08. The van der Waals surface area contributed by atoms with Gasteiger partial charge in [-0.05, 0) is 30.7 Å². The zero-order valence-corrected chi connectivity index (χ0v) is 15.0. The van der Waals surface area contributed by atoms with Gasteiger partial charge >= 0.3 is 5.97 Å². The van der Waals surface area contributed by atoms with E-state index in [1.54, 1.807) is 24.3 Å². The van der Waals surface area contributed by atoms with Gasteiger partial charge in [0.15, 0.2) is 0 Å². The molecule has 130 valence electrons. The summed E-state index contributed by atoms with van der Waals surface area (Å²) in [4.78, 5) is 22.7. The van der Waals surface area contributed by atoms with Crippen molar-refractivity contribution in [1.29, 1.82) is 0 Å². The molecule has 0 aliphatic carbocycles. The van der Waals surface area contributed by atoms with Crippen LogP contribution in [-0.2, 0) is 9.53 Å². The van der Waals surface area contributed by atoms with Crippen molar-refractivity contribution in [2.45, 2.75) is 66.2 Å². The van der Waals surface area contributed by atoms with Crippen molar-refractivity contribution in [2.24, 2.45) is 0 Å². The fraction of sp³-hybridized carbons (Fsp3) is 0.579. The molecule has 1 amide bonds. The molecule has 1 N–H and O–H groups in total. The highest BCUT2D eigenvalue weighted by Gasteiger charge is 2.06. The molecular formula is C19H31NO3. The van der Waals surface area contributed by atoms with E-state index in [-0.39, 0.29) is 11.9 Å². The molecule has 0 saturated carbocycles. The van der Waals surface area contributed by atoms with E-state index in [9.17, 15) is 9.59 Å². The van der Waals surface area contributed by atoms with Crippen molar-refractivity contribution in [3.8, 4) is 0 Å². The number of hydrogen-bond donors (Lipinski definition) is 1. The van der Waals surface area contributed by atoms with Gasteiger partial charge in [-0.3, -0.25) is 4.79 Å². The van der Waals surface area contributed by atoms with Gasteiger partial charge in [0.2, 0.25) is 5.91 Å². The molecule has 0 bridgehead atoms. The normalized spacial score (nSPS) is 9.57. The molecule has 0 unspecified atom stereocenters. The summed E-state index contributed by atoms with van der Waals surface area (Å²) in [6.45, 7) is 8.11. The monoisotopic (exact) mass is 321 g/mol. The number of esters is 1. The van der Waals surface area contributed by atoms with E-state index in [0.29, 0.717) is 17.9 Å². The summed E-state index contributed by atoms with van der Waals surface area (Å²) in [6, 6.07) is 6.72. The highest BCUT2D eigenvalue weighted by Crippen LogP contribution is 2.11. The van der Waals surface area contributed by atoms with E-state index in [1.807, 2.05) is 13.8 Å². The number of carbonyl (C=O) groups excluding carboxylic acids is 2. The number of amides is 1. The van der Waals surface area contributed by atoms with Crippen LogP contribution in [0.1, 0.15) is 76.6 Å². The topological polar surface area (TPSA) is 55.4 Å². The Balaban J connectivity index is 0.00000232. The van der Waals surface area contributed by atoms with Crippen molar-refractivity contribution in [2.75, 3.05) is 11.9 Å². The van der Waals surface area contributed by atoms with Crippen LogP contribution in [0, 0.1) is 0 Å². The highest BCUT2D eigenvalue weighted by molar-refractivity contribution is 5.92. The molecule has 0 atom stereocenters. The van der Waals surface area contributed by atoms with Crippen LogP contribution in [0.5, 0.6) is 0 Å². The summed E-state index contributed by atoms with van der Waals surface area (Å²) in [7, 11) is 0. The van der Waals surface area contributed by atoms with Crippen molar-refractivity contribution in [3.05, 3.63) is 29.8 Å². The van der Waals surface area contributed by atoms with E-state index >= 15 is 0 Å². The van der Waals surface area contributed by atoms with Gasteiger partial charge in [0.05, 0.1) is 12.2 Å². The average Bonchev–Trinajstić information content (AvgIpc) is 2.56. The lowest BCUT2D eigenvalue weighted by atomic mass is 10.1. The van der Waals surface area contributed by atoms with Gasteiger partial charge in [0, 0.05) is 12.6 Å². The zero-order chi connectivity index (χ0) is 17.5. The maximum atomic E-state index is 11.8. The first kappa shape index (κ1) is 21.2. The molecule has 4 nitrogen and oxygen atoms in total. The van der Waals surface area contributed by atoms with Crippen LogP contribution in [0.2, 0.25) is 0 Å². The van der Waals surface area contributed by atoms with Crippen LogP contribution in [0.3, 0.4) is 0 Å². The number of anilines is 1.